The molecule has 1 aliphatic carbocycles. The Balaban J connectivity index is 2.17. The molecule has 4 heteroatoms. The van der Waals surface area contributed by atoms with Gasteiger partial charge >= 0.3 is 0 Å². The van der Waals surface area contributed by atoms with Crippen LogP contribution in [0.4, 0.5) is 0 Å². The van der Waals surface area contributed by atoms with Crippen molar-refractivity contribution in [2.45, 2.75) is 6.92 Å². The number of fused-ring (bicyclic) bond motifs is 4. The molecular weight excluding hydrogens is 252 g/mol. The molecule has 0 atom stereocenters. The van der Waals surface area contributed by atoms with Crippen molar-refractivity contribution in [3.63, 3.8) is 0 Å². The van der Waals surface area contributed by atoms with Crippen molar-refractivity contribution in [3.8, 4) is 11.3 Å². The second kappa shape index (κ2) is 3.63. The second-order valence-electron chi connectivity index (χ2n) is 4.97. The van der Waals surface area contributed by atoms with Gasteiger partial charge in [-0.2, -0.15) is 4.73 Å². The number of rotatable bonds is 0. The van der Waals surface area contributed by atoms with Crippen LogP contribution in [-0.4, -0.2) is 10.8 Å². The molecule has 0 radical (unpaired) electrons. The number of hydrogen-bond donors (Lipinski definition) is 0. The summed E-state index contributed by atoms with van der Waals surface area (Å²) in [5.41, 5.74) is 3.86. The van der Waals surface area contributed by atoms with E-state index in [4.69, 9.17) is 0 Å². The van der Waals surface area contributed by atoms with Gasteiger partial charge in [0, 0.05) is 11.6 Å². The maximum Gasteiger partial charge on any atom is 0.255 e. The molecule has 0 unspecified atom stereocenters. The Labute approximate surface area is 114 Å². The predicted molar refractivity (Wildman–Crippen MR) is 74.3 cm³/mol. The van der Waals surface area contributed by atoms with Gasteiger partial charge in [0.05, 0.1) is 5.56 Å². The van der Waals surface area contributed by atoms with Crippen molar-refractivity contribution in [1.82, 2.24) is 4.98 Å². The summed E-state index contributed by atoms with van der Waals surface area (Å²) in [5.74, 6) is -0.172. The minimum absolute atomic E-state index is 0.172. The predicted octanol–water partition coefficient (Wildman–Crippen LogP) is 2.39. The van der Waals surface area contributed by atoms with Crippen molar-refractivity contribution in [2.75, 3.05) is 0 Å². The molecule has 20 heavy (non-hydrogen) atoms. The van der Waals surface area contributed by atoms with Crippen LogP contribution in [0.1, 0.15) is 21.6 Å². The number of carbonyl (C=O) groups is 1. The van der Waals surface area contributed by atoms with E-state index in [0.717, 1.165) is 10.3 Å². The van der Waals surface area contributed by atoms with Gasteiger partial charge in [-0.1, -0.05) is 23.8 Å². The number of ketones is 1. The summed E-state index contributed by atoms with van der Waals surface area (Å²) in [4.78, 5) is 16.8. The SMILES string of the molecule is Cc1ccc2c(c1)C(=O)c1nc3ccccc3[n+]([O-])c1-2. The number of hydrogen-bond acceptors (Lipinski definition) is 3. The van der Waals surface area contributed by atoms with Crippen LogP contribution in [0.15, 0.2) is 42.5 Å². The average Bonchev–Trinajstić information content (AvgIpc) is 2.73. The summed E-state index contributed by atoms with van der Waals surface area (Å²) in [7, 11) is 0. The number of carbonyl (C=O) groups excluding carboxylic acids is 1. The van der Waals surface area contributed by atoms with Gasteiger partial charge in [-0.3, -0.25) is 4.79 Å². The van der Waals surface area contributed by atoms with E-state index in [0.29, 0.717) is 27.9 Å². The van der Waals surface area contributed by atoms with Gasteiger partial charge in [0.15, 0.2) is 5.69 Å². The highest BCUT2D eigenvalue weighted by atomic mass is 16.5. The summed E-state index contributed by atoms with van der Waals surface area (Å²) in [6, 6.07) is 12.6. The highest BCUT2D eigenvalue weighted by molar-refractivity contribution is 6.19. The molecule has 3 aromatic rings. The lowest BCUT2D eigenvalue weighted by atomic mass is 10.1. The Bertz CT molecular complexity index is 900. The quantitative estimate of drug-likeness (QED) is 0.361. The van der Waals surface area contributed by atoms with E-state index in [1.807, 2.05) is 25.1 Å². The van der Waals surface area contributed by atoms with Crippen LogP contribution < -0.4 is 4.73 Å². The highest BCUT2D eigenvalue weighted by Gasteiger charge is 2.36. The minimum atomic E-state index is -0.172. The first kappa shape index (κ1) is 11.1. The first-order valence-electron chi connectivity index (χ1n) is 6.35. The normalized spacial score (nSPS) is 12.6. The average molecular weight is 262 g/mol. The molecule has 96 valence electrons. The Hall–Kier alpha value is -2.75. The van der Waals surface area contributed by atoms with E-state index in [2.05, 4.69) is 4.98 Å². The number of aromatic nitrogens is 2. The molecule has 4 rings (SSSR count). The third-order valence-corrected chi connectivity index (χ3v) is 3.65. The van der Waals surface area contributed by atoms with Crippen molar-refractivity contribution in [1.29, 1.82) is 0 Å². The molecule has 0 bridgehead atoms. The molecule has 0 amide bonds. The largest absolute Gasteiger partial charge is 0.618 e. The zero-order valence-electron chi connectivity index (χ0n) is 10.8. The maximum absolute atomic E-state index is 12.5. The zero-order chi connectivity index (χ0) is 13.9. The third kappa shape index (κ3) is 1.28. The number of nitrogens with zero attached hydrogens (tertiary/aromatic N) is 2. The maximum atomic E-state index is 12.5. The van der Waals surface area contributed by atoms with Crippen molar-refractivity contribution in [3.05, 3.63) is 64.5 Å². The van der Waals surface area contributed by atoms with Crippen LogP contribution >= 0.6 is 0 Å². The summed E-state index contributed by atoms with van der Waals surface area (Å²) in [5, 5.41) is 12.5. The van der Waals surface area contributed by atoms with E-state index in [-0.39, 0.29) is 11.5 Å². The molecular formula is C16H10N2O2. The van der Waals surface area contributed by atoms with Gasteiger partial charge in [0.25, 0.3) is 5.69 Å². The van der Waals surface area contributed by atoms with Gasteiger partial charge in [-0.05, 0) is 25.1 Å². The molecule has 1 aromatic heterocycles. The Morgan fingerprint density at radius 3 is 2.75 bits per heavy atom. The van der Waals surface area contributed by atoms with E-state index in [9.17, 15) is 10.0 Å². The second-order valence-corrected chi connectivity index (χ2v) is 4.97. The fourth-order valence-electron chi connectivity index (χ4n) is 2.70. The standard InChI is InChI=1S/C16H10N2O2/c1-9-6-7-10-11(8-9)16(19)14-15(10)18(20)13-5-3-2-4-12(13)17-14/h2-8H,1H3. The topological polar surface area (TPSA) is 56.9 Å². The summed E-state index contributed by atoms with van der Waals surface area (Å²) < 4.78 is 0.816. The van der Waals surface area contributed by atoms with Gasteiger partial charge in [0.2, 0.25) is 11.3 Å². The van der Waals surface area contributed by atoms with E-state index < -0.39 is 0 Å². The summed E-state index contributed by atoms with van der Waals surface area (Å²) in [6.45, 7) is 1.92. The van der Waals surface area contributed by atoms with Crippen LogP contribution in [-0.2, 0) is 0 Å². The fraction of sp³-hybridized carbons (Fsp3) is 0.0625. The molecule has 1 heterocycles. The first-order chi connectivity index (χ1) is 9.66. The van der Waals surface area contributed by atoms with E-state index >= 15 is 0 Å². The number of aryl methyl sites for hydroxylation is 1. The van der Waals surface area contributed by atoms with Crippen molar-refractivity contribution < 1.29 is 9.52 Å². The molecule has 0 spiro atoms. The zero-order valence-corrected chi connectivity index (χ0v) is 10.8. The van der Waals surface area contributed by atoms with Crippen LogP contribution in [0.2, 0.25) is 0 Å². The van der Waals surface area contributed by atoms with E-state index in [1.165, 1.54) is 0 Å². The molecule has 0 aliphatic heterocycles. The molecule has 2 aromatic carbocycles. The molecule has 0 N–H and O–H groups in total. The smallest absolute Gasteiger partial charge is 0.255 e. The number of benzene rings is 2. The van der Waals surface area contributed by atoms with Crippen molar-refractivity contribution in [2.24, 2.45) is 0 Å². The molecule has 1 aliphatic rings. The molecule has 0 saturated carbocycles. The van der Waals surface area contributed by atoms with E-state index in [1.54, 1.807) is 24.3 Å². The Morgan fingerprint density at radius 1 is 1.10 bits per heavy atom. The van der Waals surface area contributed by atoms with Gasteiger partial charge in [-0.15, -0.1) is 0 Å². The van der Waals surface area contributed by atoms with Gasteiger partial charge < -0.3 is 5.21 Å². The molecule has 0 fully saturated rings. The molecule has 4 nitrogen and oxygen atoms in total. The lowest BCUT2D eigenvalue weighted by Gasteiger charge is -2.06. The van der Waals surface area contributed by atoms with Crippen LogP contribution in [0, 0.1) is 12.1 Å². The van der Waals surface area contributed by atoms with Gasteiger partial charge in [0.1, 0.15) is 5.52 Å². The lowest BCUT2D eigenvalue weighted by molar-refractivity contribution is -0.565. The Kier molecular flexibility index (Phi) is 2.02. The van der Waals surface area contributed by atoms with Gasteiger partial charge in [-0.25, -0.2) is 4.98 Å². The lowest BCUT2D eigenvalue weighted by Crippen LogP contribution is -2.31. The number of para-hydroxylation sites is 2. The fourth-order valence-corrected chi connectivity index (χ4v) is 2.70. The summed E-state index contributed by atoms with van der Waals surface area (Å²) in [6.07, 6.45) is 0. The van der Waals surface area contributed by atoms with Crippen LogP contribution in [0.3, 0.4) is 0 Å². The van der Waals surface area contributed by atoms with Crippen LogP contribution in [0.25, 0.3) is 22.3 Å². The van der Waals surface area contributed by atoms with Crippen LogP contribution in [0.5, 0.6) is 0 Å². The first-order valence-corrected chi connectivity index (χ1v) is 6.35. The Morgan fingerprint density at radius 2 is 1.90 bits per heavy atom. The third-order valence-electron chi connectivity index (χ3n) is 3.65. The van der Waals surface area contributed by atoms with Crippen molar-refractivity contribution >= 4 is 16.8 Å². The minimum Gasteiger partial charge on any atom is -0.618 e. The highest BCUT2D eigenvalue weighted by Crippen LogP contribution is 2.34. The summed E-state index contributed by atoms with van der Waals surface area (Å²) >= 11 is 0. The molecule has 0 saturated heterocycles. The monoisotopic (exact) mass is 262 g/mol.